The molecule has 0 spiro atoms. The van der Waals surface area contributed by atoms with E-state index < -0.39 is 138 Å². The first-order valence-electron chi connectivity index (χ1n) is 26.6. The van der Waals surface area contributed by atoms with Crippen molar-refractivity contribution < 1.29 is 87.0 Å². The number of carbonyl (C=O) groups excluding carboxylic acids is 9. The fourth-order valence-corrected chi connectivity index (χ4v) is 14.1. The largest absolute Gasteiger partial charge is 0.487 e. The summed E-state index contributed by atoms with van der Waals surface area (Å²) in [6, 6.07) is 12.2. The highest BCUT2D eigenvalue weighted by Crippen LogP contribution is 2.70. The number of carboxylic acids is 1. The molecule has 2 heterocycles. The van der Waals surface area contributed by atoms with Crippen LogP contribution in [0.2, 0.25) is 0 Å². The van der Waals surface area contributed by atoms with Crippen molar-refractivity contribution in [3.63, 3.8) is 0 Å². The topological polar surface area (TPSA) is 329 Å². The van der Waals surface area contributed by atoms with Crippen LogP contribution in [0, 0.1) is 28.6 Å². The monoisotopic (exact) mass is 1090 g/mol. The number of Topliss-reactive ketones (excluding diaryl/α,β-unsaturated/α-hetero) is 1. The second-order valence-corrected chi connectivity index (χ2v) is 22.8. The Kier molecular flexibility index (Phi) is 14.6. The zero-order chi connectivity index (χ0) is 56.2. The molecule has 2 aliphatic heterocycles. The summed E-state index contributed by atoms with van der Waals surface area (Å²) >= 11 is 0. The molecule has 8 fully saturated rings. The van der Waals surface area contributed by atoms with Gasteiger partial charge in [0.05, 0.1) is 30.7 Å². The van der Waals surface area contributed by atoms with E-state index in [2.05, 4.69) is 28.2 Å². The van der Waals surface area contributed by atoms with Crippen molar-refractivity contribution >= 4 is 64.8 Å². The lowest BCUT2D eigenvalue weighted by molar-refractivity contribution is -0.201. The van der Waals surface area contributed by atoms with Crippen molar-refractivity contribution in [1.29, 1.82) is 0 Å². The van der Waals surface area contributed by atoms with Gasteiger partial charge in [0.15, 0.2) is 23.5 Å². The van der Waals surface area contributed by atoms with Crippen LogP contribution < -0.4 is 26.0 Å². The number of fused-ring (bicyclic) bond motifs is 7. The summed E-state index contributed by atoms with van der Waals surface area (Å²) in [6.45, 7) is 2.64. The number of hydrogen-bond donors (Lipinski definition) is 7. The molecule has 2 saturated heterocycles. The summed E-state index contributed by atoms with van der Waals surface area (Å²) in [5.41, 5.74) is -1.18. The fraction of sp³-hybridized carbons (Fsp3) is 0.536. The van der Waals surface area contributed by atoms with Gasteiger partial charge in [-0.15, -0.1) is 5.06 Å². The minimum Gasteiger partial charge on any atom is -0.487 e. The molecule has 7 aliphatic carbocycles. The summed E-state index contributed by atoms with van der Waals surface area (Å²) in [7, 11) is 0. The maximum atomic E-state index is 14.0. The number of aliphatic carboxylic acids is 1. The maximum absolute atomic E-state index is 14.0. The number of rotatable bonds is 20. The van der Waals surface area contributed by atoms with Gasteiger partial charge in [-0.3, -0.25) is 38.4 Å². The van der Waals surface area contributed by atoms with E-state index >= 15 is 0 Å². The average Bonchev–Trinajstić information content (AvgIpc) is 3.75. The van der Waals surface area contributed by atoms with Crippen LogP contribution in [0.5, 0.6) is 5.75 Å². The number of nitrogens with zero attached hydrogens (tertiary/aromatic N) is 1. The van der Waals surface area contributed by atoms with Crippen LogP contribution in [0.25, 0.3) is 0 Å². The van der Waals surface area contributed by atoms with Crippen LogP contribution in [0.4, 0.5) is 10.5 Å². The molecule has 79 heavy (non-hydrogen) atoms. The van der Waals surface area contributed by atoms with Gasteiger partial charge >= 0.3 is 18.0 Å². The number of hydrogen-bond acceptors (Lipinski definition) is 17. The quantitative estimate of drug-likeness (QED) is 0.0937. The second kappa shape index (κ2) is 21.0. The van der Waals surface area contributed by atoms with E-state index in [9.17, 15) is 63.3 Å². The Balaban J connectivity index is 0.656. The number of benzene rings is 2. The van der Waals surface area contributed by atoms with Crippen molar-refractivity contribution in [2.24, 2.45) is 28.6 Å². The Hall–Kier alpha value is -7.34. The van der Waals surface area contributed by atoms with E-state index in [1.807, 2.05) is 25.1 Å². The third-order valence-electron chi connectivity index (χ3n) is 17.7. The number of aliphatic hydroxyl groups excluding tert-OH is 2. The summed E-state index contributed by atoms with van der Waals surface area (Å²) < 4.78 is 25.3. The number of ketones is 2. The molecule has 6 amide bonds. The smallest absolute Gasteiger partial charge is 0.407 e. The van der Waals surface area contributed by atoms with E-state index in [0.29, 0.717) is 59.7 Å². The molecular formula is C56H63N5O18. The van der Waals surface area contributed by atoms with Gasteiger partial charge in [0.25, 0.3) is 11.8 Å². The standard InChI is InChI=1S/C56H63N5O18/c1-52-20-19-34(63)21-32(52)7-12-36-37-22-41-56(40(65)25-62,53(37,2)23-39(64)48(36)52)78-50(76-41)31-5-10-35(11-6-31)77-55-27-54(28-55,29-55)60-51(74)75-26-30-3-8-33(9-4-30)58-49(73)38(13-17-46(70)71)59-43(67)24-57-42(66)14-18-47(72)79-61-44(68)15-16-45(61)69/h3-6,8-11,19-21,36-39,41,48,50,62,64H,7,12-18,22-29H2,1-2H3,(H,57,66)(H,58,73)(H,59,67)(H,60,74)(H,70,71)/t36-,37-,38-,39-,41+,48+,50+,52-,53-,54?,55?,56+/m0/s1. The van der Waals surface area contributed by atoms with Crippen LogP contribution in [0.3, 0.4) is 0 Å². The number of carboxylic acid groups (broad SMARTS) is 1. The summed E-state index contributed by atoms with van der Waals surface area (Å²) in [5.74, 6) is -5.94. The number of alkyl carbamates (subject to hydrolysis) is 1. The number of hydroxylamine groups is 2. The molecule has 2 bridgehead atoms. The molecule has 23 nitrogen and oxygen atoms in total. The van der Waals surface area contributed by atoms with Crippen molar-refractivity contribution in [2.75, 3.05) is 18.5 Å². The van der Waals surface area contributed by atoms with Gasteiger partial charge in [-0.1, -0.05) is 49.8 Å². The second-order valence-electron chi connectivity index (χ2n) is 22.8. The minimum absolute atomic E-state index is 0.0313. The summed E-state index contributed by atoms with van der Waals surface area (Å²) in [4.78, 5) is 129. The zero-order valence-corrected chi connectivity index (χ0v) is 43.6. The molecule has 10 atom stereocenters. The molecule has 2 aromatic carbocycles. The highest BCUT2D eigenvalue weighted by molar-refractivity contribution is 6.02. The van der Waals surface area contributed by atoms with Gasteiger partial charge in [-0.2, -0.15) is 0 Å². The van der Waals surface area contributed by atoms with Crippen molar-refractivity contribution in [3.8, 4) is 5.75 Å². The molecule has 23 heteroatoms. The number of imide groups is 1. The lowest BCUT2D eigenvalue weighted by Gasteiger charge is -2.68. The molecule has 9 aliphatic rings. The molecule has 0 aromatic heterocycles. The maximum Gasteiger partial charge on any atom is 0.407 e. The van der Waals surface area contributed by atoms with Gasteiger partial charge < -0.3 is 60.4 Å². The molecule has 420 valence electrons. The molecular weight excluding hydrogens is 1030 g/mol. The normalized spacial score (nSPS) is 32.8. The van der Waals surface area contributed by atoms with Gasteiger partial charge in [0, 0.05) is 72.9 Å². The first-order chi connectivity index (χ1) is 37.6. The van der Waals surface area contributed by atoms with Crippen LogP contribution >= 0.6 is 0 Å². The highest BCUT2D eigenvalue weighted by Gasteiger charge is 2.76. The number of anilines is 1. The van der Waals surface area contributed by atoms with Crippen LogP contribution in [-0.2, 0) is 68.8 Å². The molecule has 2 aromatic rings. The van der Waals surface area contributed by atoms with E-state index in [1.165, 1.54) is 12.1 Å². The number of amides is 6. The Labute approximate surface area is 453 Å². The molecule has 6 saturated carbocycles. The van der Waals surface area contributed by atoms with Gasteiger partial charge in [0.1, 0.15) is 30.6 Å². The van der Waals surface area contributed by atoms with Crippen LogP contribution in [0.15, 0.2) is 72.3 Å². The number of ether oxygens (including phenoxy) is 4. The number of aliphatic hydroxyl groups is 2. The van der Waals surface area contributed by atoms with Gasteiger partial charge in [-0.25, -0.2) is 9.59 Å². The van der Waals surface area contributed by atoms with Gasteiger partial charge in [0.2, 0.25) is 17.7 Å². The third kappa shape index (κ3) is 10.3. The van der Waals surface area contributed by atoms with E-state index in [-0.39, 0.29) is 55.8 Å². The molecule has 7 N–H and O–H groups in total. The lowest BCUT2D eigenvalue weighted by Crippen LogP contribution is -2.80. The Morgan fingerprint density at radius 3 is 2.28 bits per heavy atom. The number of allylic oxidation sites excluding steroid dienone is 4. The van der Waals surface area contributed by atoms with E-state index in [4.69, 9.17) is 23.8 Å². The van der Waals surface area contributed by atoms with E-state index in [0.717, 1.165) is 12.0 Å². The summed E-state index contributed by atoms with van der Waals surface area (Å²) in [6.07, 6.45) is 4.35. The highest BCUT2D eigenvalue weighted by atomic mass is 16.7. The van der Waals surface area contributed by atoms with Crippen molar-refractivity contribution in [2.45, 2.75) is 145 Å². The summed E-state index contributed by atoms with van der Waals surface area (Å²) in [5, 5.41) is 42.2. The van der Waals surface area contributed by atoms with Crippen molar-refractivity contribution in [3.05, 3.63) is 83.5 Å². The molecule has 0 radical (unpaired) electrons. The first kappa shape index (κ1) is 55.0. The molecule has 0 unspecified atom stereocenters. The Bertz CT molecular complexity index is 2910. The SMILES string of the molecule is C[C@]12C=CC(=O)C=C1CC[C@@H]1[C@@H]2[C@@H](O)C[C@@]2(C)[C@H]1C[C@H]1O[C@@H](c3ccc(OC45CC(NC(=O)OCc6ccc(NC(=O)[C@H](CCC(=O)O)NC(=O)CNC(=O)CCC(=O)ON7C(=O)CCC7=O)cc6)(C4)C5)cc3)O[C@]12C(=O)CO. The lowest BCUT2D eigenvalue weighted by atomic mass is 9.46. The fourth-order valence-electron chi connectivity index (χ4n) is 14.1. The molecule has 11 rings (SSSR count). The van der Waals surface area contributed by atoms with Gasteiger partial charge in [-0.05, 0) is 85.9 Å². The number of carbonyl (C=O) groups is 10. The predicted molar refractivity (Wildman–Crippen MR) is 270 cm³/mol. The Morgan fingerprint density at radius 1 is 0.886 bits per heavy atom. The zero-order valence-electron chi connectivity index (χ0n) is 43.6. The number of nitrogens with one attached hydrogen (secondary N) is 4. The van der Waals surface area contributed by atoms with E-state index in [1.54, 1.807) is 36.4 Å². The van der Waals surface area contributed by atoms with Crippen molar-refractivity contribution in [1.82, 2.24) is 21.0 Å². The predicted octanol–water partition coefficient (Wildman–Crippen LogP) is 3.06. The Morgan fingerprint density at radius 2 is 1.59 bits per heavy atom. The average molecular weight is 1090 g/mol. The minimum atomic E-state index is -1.48. The van der Waals surface area contributed by atoms with Crippen LogP contribution in [0.1, 0.15) is 115 Å². The third-order valence-corrected chi connectivity index (χ3v) is 17.7. The van der Waals surface area contributed by atoms with Crippen LogP contribution in [-0.4, -0.2) is 128 Å². The first-order valence-corrected chi connectivity index (χ1v) is 26.6.